The van der Waals surface area contributed by atoms with E-state index < -0.39 is 0 Å². The number of nitrogens with one attached hydrogen (secondary N) is 2. The fourth-order valence-corrected chi connectivity index (χ4v) is 2.37. The molecule has 0 aromatic heterocycles. The smallest absolute Gasteiger partial charge is 0.238 e. The number of amides is 1. The lowest BCUT2D eigenvalue weighted by Crippen LogP contribution is -2.29. The summed E-state index contributed by atoms with van der Waals surface area (Å²) in [5.74, 6) is 2.12. The van der Waals surface area contributed by atoms with Gasteiger partial charge in [0.25, 0.3) is 0 Å². The average Bonchev–Trinajstić information content (AvgIpc) is 3.34. The Morgan fingerprint density at radius 1 is 1.17 bits per heavy atom. The number of carbonyl (C=O) groups is 1. The minimum atomic E-state index is -0.0501. The number of aryl methyl sites for hydroxylation is 1. The third-order valence-electron chi connectivity index (χ3n) is 3.79. The fourth-order valence-electron chi connectivity index (χ4n) is 2.37. The molecule has 0 saturated heterocycles. The normalized spacial score (nSPS) is 13.0. The Kier molecular flexibility index (Phi) is 6.64. The highest BCUT2D eigenvalue weighted by atomic mass is 35.5. The predicted octanol–water partition coefficient (Wildman–Crippen LogP) is 4.15. The van der Waals surface area contributed by atoms with Crippen molar-refractivity contribution < 1.29 is 9.53 Å². The van der Waals surface area contributed by atoms with Crippen LogP contribution in [0.25, 0.3) is 0 Å². The number of carbonyl (C=O) groups excluding carboxylic acids is 1. The highest BCUT2D eigenvalue weighted by Crippen LogP contribution is 2.29. The molecule has 0 spiro atoms. The lowest BCUT2D eigenvalue weighted by Gasteiger charge is -2.13. The molecule has 4 nitrogen and oxygen atoms in total. The van der Waals surface area contributed by atoms with Crippen molar-refractivity contribution >= 4 is 24.0 Å². The van der Waals surface area contributed by atoms with Gasteiger partial charge in [0.2, 0.25) is 5.91 Å². The van der Waals surface area contributed by atoms with Gasteiger partial charge in [0.1, 0.15) is 5.75 Å². The zero-order valence-corrected chi connectivity index (χ0v) is 14.6. The number of benzene rings is 2. The van der Waals surface area contributed by atoms with Gasteiger partial charge in [-0.1, -0.05) is 24.3 Å². The molecule has 5 heteroatoms. The second-order valence-electron chi connectivity index (χ2n) is 6.04. The Hall–Kier alpha value is -2.04. The number of ether oxygens (including phenoxy) is 1. The summed E-state index contributed by atoms with van der Waals surface area (Å²) in [5, 5.41) is 6.10. The fraction of sp³-hybridized carbons (Fsp3) is 0.316. The van der Waals surface area contributed by atoms with Crippen molar-refractivity contribution in [1.29, 1.82) is 0 Å². The molecular weight excluding hydrogens is 324 g/mol. The van der Waals surface area contributed by atoms with Gasteiger partial charge in [-0.3, -0.25) is 4.79 Å². The van der Waals surface area contributed by atoms with E-state index in [2.05, 4.69) is 10.6 Å². The summed E-state index contributed by atoms with van der Waals surface area (Å²) in [6, 6.07) is 15.3. The van der Waals surface area contributed by atoms with Gasteiger partial charge in [0, 0.05) is 0 Å². The van der Waals surface area contributed by atoms with E-state index in [0.717, 1.165) is 23.8 Å². The van der Waals surface area contributed by atoms with E-state index in [4.69, 9.17) is 4.74 Å². The molecule has 128 valence electrons. The van der Waals surface area contributed by atoms with Crippen LogP contribution in [0, 0.1) is 12.8 Å². The largest absolute Gasteiger partial charge is 0.455 e. The van der Waals surface area contributed by atoms with Gasteiger partial charge in [0.05, 0.1) is 12.2 Å². The van der Waals surface area contributed by atoms with E-state index in [1.807, 2.05) is 55.5 Å². The van der Waals surface area contributed by atoms with Gasteiger partial charge in [-0.15, -0.1) is 12.4 Å². The summed E-state index contributed by atoms with van der Waals surface area (Å²) in [7, 11) is 0. The molecule has 2 aromatic rings. The molecule has 1 aliphatic rings. The monoisotopic (exact) mass is 346 g/mol. The molecule has 0 bridgehead atoms. The summed E-state index contributed by atoms with van der Waals surface area (Å²) in [4.78, 5) is 12.0. The van der Waals surface area contributed by atoms with Gasteiger partial charge in [0.15, 0.2) is 5.75 Å². The van der Waals surface area contributed by atoms with Crippen molar-refractivity contribution in [3.8, 4) is 11.5 Å². The summed E-state index contributed by atoms with van der Waals surface area (Å²) in [5.41, 5.74) is 1.82. The summed E-state index contributed by atoms with van der Waals surface area (Å²) in [6.45, 7) is 3.27. The second kappa shape index (κ2) is 8.71. The van der Waals surface area contributed by atoms with Crippen LogP contribution < -0.4 is 15.4 Å². The summed E-state index contributed by atoms with van der Waals surface area (Å²) >= 11 is 0. The van der Waals surface area contributed by atoms with Crippen LogP contribution in [0.4, 0.5) is 5.69 Å². The molecular formula is C19H23ClN2O2. The topological polar surface area (TPSA) is 50.4 Å². The Morgan fingerprint density at radius 2 is 1.96 bits per heavy atom. The number of hydrogen-bond acceptors (Lipinski definition) is 3. The Balaban J connectivity index is 0.00000208. The average molecular weight is 347 g/mol. The third kappa shape index (κ3) is 5.55. The molecule has 0 atom stereocenters. The van der Waals surface area contributed by atoms with Crippen molar-refractivity contribution in [3.63, 3.8) is 0 Å². The molecule has 0 radical (unpaired) electrons. The molecule has 3 rings (SSSR count). The van der Waals surface area contributed by atoms with Crippen LogP contribution in [0.2, 0.25) is 0 Å². The van der Waals surface area contributed by atoms with Crippen LogP contribution in [0.15, 0.2) is 48.5 Å². The van der Waals surface area contributed by atoms with Crippen LogP contribution in [0.1, 0.15) is 18.4 Å². The van der Waals surface area contributed by atoms with Crippen LogP contribution in [0.3, 0.4) is 0 Å². The maximum absolute atomic E-state index is 12.0. The number of para-hydroxylation sites is 2. The minimum absolute atomic E-state index is 0. The third-order valence-corrected chi connectivity index (χ3v) is 3.79. The second-order valence-corrected chi connectivity index (χ2v) is 6.04. The zero-order chi connectivity index (χ0) is 16.1. The van der Waals surface area contributed by atoms with Gasteiger partial charge in [-0.25, -0.2) is 0 Å². The van der Waals surface area contributed by atoms with E-state index in [0.29, 0.717) is 18.0 Å². The van der Waals surface area contributed by atoms with Crippen molar-refractivity contribution in [2.45, 2.75) is 19.8 Å². The first-order chi connectivity index (χ1) is 11.2. The molecule has 1 saturated carbocycles. The lowest BCUT2D eigenvalue weighted by molar-refractivity contribution is -0.115. The van der Waals surface area contributed by atoms with E-state index in [1.54, 1.807) is 0 Å². The van der Waals surface area contributed by atoms with Crippen LogP contribution in [-0.4, -0.2) is 19.0 Å². The van der Waals surface area contributed by atoms with Crippen molar-refractivity contribution in [2.24, 2.45) is 5.92 Å². The first-order valence-electron chi connectivity index (χ1n) is 8.05. The molecule has 0 heterocycles. The van der Waals surface area contributed by atoms with E-state index in [1.165, 1.54) is 12.8 Å². The highest BCUT2D eigenvalue weighted by molar-refractivity contribution is 5.93. The number of hydrogen-bond donors (Lipinski definition) is 2. The van der Waals surface area contributed by atoms with Crippen molar-refractivity contribution in [2.75, 3.05) is 18.4 Å². The molecule has 24 heavy (non-hydrogen) atoms. The molecule has 2 aromatic carbocycles. The van der Waals surface area contributed by atoms with E-state index in [-0.39, 0.29) is 18.3 Å². The molecule has 1 fully saturated rings. The van der Waals surface area contributed by atoms with Gasteiger partial charge < -0.3 is 15.4 Å². The standard InChI is InChI=1S/C19H22N2O2.ClH/c1-14-5-4-6-16(11-14)23-18-8-3-2-7-17(18)21-19(22)13-20-12-15-9-10-15;/h2-8,11,15,20H,9-10,12-13H2,1H3,(H,21,22);1H. The first kappa shape index (κ1) is 18.3. The van der Waals surface area contributed by atoms with Crippen LogP contribution >= 0.6 is 12.4 Å². The van der Waals surface area contributed by atoms with E-state index >= 15 is 0 Å². The minimum Gasteiger partial charge on any atom is -0.455 e. The maximum Gasteiger partial charge on any atom is 0.238 e. The molecule has 1 amide bonds. The summed E-state index contributed by atoms with van der Waals surface area (Å²) < 4.78 is 5.91. The van der Waals surface area contributed by atoms with Crippen molar-refractivity contribution in [3.05, 3.63) is 54.1 Å². The van der Waals surface area contributed by atoms with Gasteiger partial charge in [-0.2, -0.15) is 0 Å². The SMILES string of the molecule is Cc1cccc(Oc2ccccc2NC(=O)CNCC2CC2)c1.Cl. The quantitative estimate of drug-likeness (QED) is 0.792. The predicted molar refractivity (Wildman–Crippen MR) is 99.2 cm³/mol. The molecule has 1 aliphatic carbocycles. The molecule has 0 unspecified atom stereocenters. The Morgan fingerprint density at radius 3 is 2.71 bits per heavy atom. The van der Waals surface area contributed by atoms with Gasteiger partial charge >= 0.3 is 0 Å². The molecule has 0 aliphatic heterocycles. The van der Waals surface area contributed by atoms with Crippen molar-refractivity contribution in [1.82, 2.24) is 5.32 Å². The summed E-state index contributed by atoms with van der Waals surface area (Å²) in [6.07, 6.45) is 2.56. The van der Waals surface area contributed by atoms with Crippen LogP contribution in [-0.2, 0) is 4.79 Å². The number of anilines is 1. The highest BCUT2D eigenvalue weighted by Gasteiger charge is 2.20. The van der Waals surface area contributed by atoms with Crippen LogP contribution in [0.5, 0.6) is 11.5 Å². The number of halogens is 1. The number of rotatable bonds is 7. The lowest BCUT2D eigenvalue weighted by atomic mass is 10.2. The zero-order valence-electron chi connectivity index (χ0n) is 13.7. The van der Waals surface area contributed by atoms with E-state index in [9.17, 15) is 4.79 Å². The van der Waals surface area contributed by atoms with Gasteiger partial charge in [-0.05, 0) is 62.1 Å². The Bertz CT molecular complexity index is 687. The molecule has 2 N–H and O–H groups in total. The first-order valence-corrected chi connectivity index (χ1v) is 8.05. The maximum atomic E-state index is 12.0. The Labute approximate surface area is 149 Å².